The summed E-state index contributed by atoms with van der Waals surface area (Å²) in [6.07, 6.45) is 1.43. The van der Waals surface area contributed by atoms with Gasteiger partial charge >= 0.3 is 10.3 Å². The van der Waals surface area contributed by atoms with Crippen LogP contribution in [0, 0.1) is 0 Å². The number of para-hydroxylation sites is 1. The van der Waals surface area contributed by atoms with Crippen molar-refractivity contribution in [1.82, 2.24) is 9.21 Å². The molecule has 2 aliphatic rings. The second kappa shape index (κ2) is 5.68. The lowest BCUT2D eigenvalue weighted by Gasteiger charge is -2.31. The fraction of sp³-hybridized carbons (Fsp3) is 0.533. The van der Waals surface area contributed by atoms with Crippen LogP contribution in [0.3, 0.4) is 0 Å². The molecule has 23 heavy (non-hydrogen) atoms. The summed E-state index contributed by atoms with van der Waals surface area (Å²) in [4.78, 5) is 12.2. The first-order valence-corrected chi connectivity index (χ1v) is 8.87. The van der Waals surface area contributed by atoms with Crippen LogP contribution in [0.4, 0.5) is 0 Å². The second-order valence-electron chi connectivity index (χ2n) is 6.36. The van der Waals surface area contributed by atoms with E-state index >= 15 is 0 Å². The van der Waals surface area contributed by atoms with Crippen LogP contribution in [0.15, 0.2) is 18.2 Å². The predicted octanol–water partition coefficient (Wildman–Crippen LogP) is 0.798. The van der Waals surface area contributed by atoms with E-state index < -0.39 is 10.3 Å². The maximum atomic E-state index is 12.5. The summed E-state index contributed by atoms with van der Waals surface area (Å²) in [6.45, 7) is 5.07. The molecule has 0 saturated carbocycles. The van der Waals surface area contributed by atoms with Crippen molar-refractivity contribution in [2.45, 2.75) is 25.9 Å². The highest BCUT2D eigenvalue weighted by Gasteiger charge is 2.35. The van der Waals surface area contributed by atoms with Gasteiger partial charge in [-0.2, -0.15) is 12.7 Å². The van der Waals surface area contributed by atoms with Crippen LogP contribution >= 0.6 is 0 Å². The molecule has 0 unspecified atom stereocenters. The zero-order chi connectivity index (χ0) is 16.7. The Balaban J connectivity index is 1.78. The number of benzene rings is 1. The molecule has 1 saturated heterocycles. The third-order valence-corrected chi connectivity index (χ3v) is 5.38. The Morgan fingerprint density at radius 3 is 2.57 bits per heavy atom. The smallest absolute Gasteiger partial charge is 0.385 e. The van der Waals surface area contributed by atoms with Gasteiger partial charge in [0.2, 0.25) is 6.41 Å². The number of fused-ring (bicyclic) bond motifs is 1. The number of piperazine rings is 1. The first kappa shape index (κ1) is 16.1. The predicted molar refractivity (Wildman–Crippen MR) is 83.6 cm³/mol. The minimum atomic E-state index is -3.92. The summed E-state index contributed by atoms with van der Waals surface area (Å²) < 4.78 is 37.3. The molecule has 0 bridgehead atoms. The van der Waals surface area contributed by atoms with E-state index in [2.05, 4.69) is 0 Å². The fourth-order valence-electron chi connectivity index (χ4n) is 2.85. The fourth-order valence-corrected chi connectivity index (χ4v) is 3.93. The summed E-state index contributed by atoms with van der Waals surface area (Å²) in [5, 5.41) is 0. The summed E-state index contributed by atoms with van der Waals surface area (Å²) in [7, 11) is -3.92. The Morgan fingerprint density at radius 2 is 1.91 bits per heavy atom. The van der Waals surface area contributed by atoms with Gasteiger partial charge in [0.05, 0.1) is 0 Å². The molecular formula is C15H20N2O5S. The lowest BCUT2D eigenvalue weighted by Crippen LogP contribution is -2.49. The van der Waals surface area contributed by atoms with Crippen molar-refractivity contribution in [3.63, 3.8) is 0 Å². The molecule has 0 atom stereocenters. The molecular weight excluding hydrogens is 320 g/mol. The quantitative estimate of drug-likeness (QED) is 0.758. The number of ether oxygens (including phenoxy) is 1. The minimum Gasteiger partial charge on any atom is -0.483 e. The third-order valence-electron chi connectivity index (χ3n) is 3.99. The second-order valence-corrected chi connectivity index (χ2v) is 7.90. The normalized spacial score (nSPS) is 20.7. The van der Waals surface area contributed by atoms with Gasteiger partial charge in [-0.25, -0.2) is 0 Å². The molecule has 7 nitrogen and oxygen atoms in total. The van der Waals surface area contributed by atoms with Crippen molar-refractivity contribution < 1.29 is 22.1 Å². The van der Waals surface area contributed by atoms with E-state index in [0.29, 0.717) is 25.3 Å². The lowest BCUT2D eigenvalue weighted by atomic mass is 10.0. The molecule has 3 rings (SSSR count). The summed E-state index contributed by atoms with van der Waals surface area (Å²) in [5.74, 6) is 0.707. The molecule has 1 fully saturated rings. The van der Waals surface area contributed by atoms with Crippen molar-refractivity contribution in [2.75, 3.05) is 26.2 Å². The average molecular weight is 340 g/mol. The van der Waals surface area contributed by atoms with Crippen molar-refractivity contribution >= 4 is 16.7 Å². The molecule has 0 radical (unpaired) electrons. The molecule has 8 heteroatoms. The highest BCUT2D eigenvalue weighted by molar-refractivity contribution is 7.84. The summed E-state index contributed by atoms with van der Waals surface area (Å²) in [5.41, 5.74) is 0.565. The first-order chi connectivity index (χ1) is 10.8. The van der Waals surface area contributed by atoms with Crippen LogP contribution in [0.2, 0.25) is 0 Å². The molecule has 2 aliphatic heterocycles. The molecule has 0 aliphatic carbocycles. The van der Waals surface area contributed by atoms with Gasteiger partial charge in [-0.05, 0) is 19.9 Å². The molecule has 1 aromatic rings. The Hall–Kier alpha value is -1.80. The monoisotopic (exact) mass is 340 g/mol. The zero-order valence-corrected chi connectivity index (χ0v) is 14.0. The summed E-state index contributed by atoms with van der Waals surface area (Å²) in [6, 6.07) is 5.27. The van der Waals surface area contributed by atoms with Crippen LogP contribution in [0.5, 0.6) is 11.5 Å². The minimum absolute atomic E-state index is 0.214. The molecule has 1 amide bonds. The highest BCUT2D eigenvalue weighted by Crippen LogP contribution is 2.42. The van der Waals surface area contributed by atoms with Crippen molar-refractivity contribution in [3.8, 4) is 11.5 Å². The first-order valence-electron chi connectivity index (χ1n) is 7.50. The van der Waals surface area contributed by atoms with Crippen molar-refractivity contribution in [2.24, 2.45) is 0 Å². The average Bonchev–Trinajstić information content (AvgIpc) is 2.82. The third kappa shape index (κ3) is 3.28. The van der Waals surface area contributed by atoms with E-state index in [9.17, 15) is 13.2 Å². The van der Waals surface area contributed by atoms with Crippen LogP contribution in [0.1, 0.15) is 19.4 Å². The lowest BCUT2D eigenvalue weighted by molar-refractivity contribution is -0.119. The van der Waals surface area contributed by atoms with E-state index in [-0.39, 0.29) is 24.4 Å². The maximum absolute atomic E-state index is 12.5. The number of carbonyl (C=O) groups excluding carboxylic acids is 1. The van der Waals surface area contributed by atoms with Crippen LogP contribution < -0.4 is 8.92 Å². The van der Waals surface area contributed by atoms with Gasteiger partial charge in [-0.3, -0.25) is 4.79 Å². The maximum Gasteiger partial charge on any atom is 0.385 e. The van der Waals surface area contributed by atoms with Gasteiger partial charge in [0.25, 0.3) is 0 Å². The Labute approximate surface area is 136 Å². The van der Waals surface area contributed by atoms with Gasteiger partial charge in [-0.1, -0.05) is 12.1 Å². The largest absolute Gasteiger partial charge is 0.483 e. The van der Waals surface area contributed by atoms with Crippen LogP contribution in [-0.4, -0.2) is 55.8 Å². The topological polar surface area (TPSA) is 76.2 Å². The molecule has 126 valence electrons. The molecule has 0 spiro atoms. The van der Waals surface area contributed by atoms with E-state index in [1.54, 1.807) is 12.1 Å². The Kier molecular flexibility index (Phi) is 3.97. The number of nitrogens with zero attached hydrogens (tertiary/aromatic N) is 2. The molecule has 2 heterocycles. The van der Waals surface area contributed by atoms with Crippen LogP contribution in [-0.2, 0) is 21.5 Å². The number of amides is 1. The molecule has 0 aromatic heterocycles. The van der Waals surface area contributed by atoms with E-state index in [1.807, 2.05) is 19.9 Å². The summed E-state index contributed by atoms with van der Waals surface area (Å²) >= 11 is 0. The van der Waals surface area contributed by atoms with Gasteiger partial charge < -0.3 is 13.8 Å². The van der Waals surface area contributed by atoms with Crippen molar-refractivity contribution in [1.29, 1.82) is 0 Å². The van der Waals surface area contributed by atoms with E-state index in [0.717, 1.165) is 12.0 Å². The van der Waals surface area contributed by atoms with Gasteiger partial charge in [0, 0.05) is 38.2 Å². The van der Waals surface area contributed by atoms with Gasteiger partial charge in [0.1, 0.15) is 5.60 Å². The van der Waals surface area contributed by atoms with E-state index in [4.69, 9.17) is 8.92 Å². The Morgan fingerprint density at radius 1 is 1.22 bits per heavy atom. The SMILES string of the molecule is CC1(C)Cc2cccc(OS(=O)(=O)N3CCN(C=O)CC3)c2O1. The van der Waals surface area contributed by atoms with Gasteiger partial charge in [0.15, 0.2) is 11.5 Å². The highest BCUT2D eigenvalue weighted by atomic mass is 32.2. The molecule has 1 aromatic carbocycles. The number of carbonyl (C=O) groups is 1. The van der Waals surface area contributed by atoms with Crippen LogP contribution in [0.25, 0.3) is 0 Å². The Bertz CT molecular complexity index is 709. The van der Waals surface area contributed by atoms with Crippen molar-refractivity contribution in [3.05, 3.63) is 23.8 Å². The standard InChI is InChI=1S/C15H20N2O5S/c1-15(2)10-12-4-3-5-13(14(12)21-15)22-23(19,20)17-8-6-16(11-18)7-9-17/h3-5,11H,6-10H2,1-2H3. The van der Waals surface area contributed by atoms with Gasteiger partial charge in [-0.15, -0.1) is 0 Å². The number of hydrogen-bond donors (Lipinski definition) is 0. The van der Waals surface area contributed by atoms with E-state index in [1.165, 1.54) is 9.21 Å². The molecule has 0 N–H and O–H groups in total. The number of hydrogen-bond acceptors (Lipinski definition) is 5. The number of rotatable bonds is 4. The zero-order valence-electron chi connectivity index (χ0n) is 13.2.